The molecule has 1 aliphatic heterocycles. The number of rotatable bonds is 3. The molecule has 0 aromatic heterocycles. The highest BCUT2D eigenvalue weighted by Crippen LogP contribution is 2.17. The molecule has 24 heavy (non-hydrogen) atoms. The van der Waals surface area contributed by atoms with Crippen molar-refractivity contribution < 1.29 is 19.2 Å². The molecule has 9 nitrogen and oxygen atoms in total. The molecule has 0 aromatic carbocycles. The number of hydrogen-bond donors (Lipinski definition) is 3. The van der Waals surface area contributed by atoms with E-state index in [-0.39, 0.29) is 30.6 Å². The van der Waals surface area contributed by atoms with Crippen molar-refractivity contribution in [2.24, 2.45) is 22.9 Å². The second-order valence-corrected chi connectivity index (χ2v) is 6.38. The molecule has 5 atom stereocenters. The SMILES string of the molecule is C[C@@H]1CCC[C@H](N=O)CCCN[C@H](C)[C@@H](ON)C(ON)COC1=O. The number of nitroso groups, excluding NO2 is 1. The Morgan fingerprint density at radius 3 is 2.50 bits per heavy atom. The fraction of sp³-hybridized carbons (Fsp3) is 0.933. The van der Waals surface area contributed by atoms with E-state index in [1.54, 1.807) is 6.92 Å². The van der Waals surface area contributed by atoms with E-state index in [1.807, 2.05) is 6.92 Å². The maximum absolute atomic E-state index is 12.0. The third-order valence-electron chi connectivity index (χ3n) is 4.49. The van der Waals surface area contributed by atoms with Gasteiger partial charge >= 0.3 is 5.97 Å². The Labute approximate surface area is 142 Å². The van der Waals surface area contributed by atoms with Gasteiger partial charge in [-0.3, -0.25) is 14.5 Å². The highest BCUT2D eigenvalue weighted by atomic mass is 16.7. The summed E-state index contributed by atoms with van der Waals surface area (Å²) in [4.78, 5) is 32.8. The average molecular weight is 346 g/mol. The van der Waals surface area contributed by atoms with E-state index in [9.17, 15) is 9.70 Å². The number of carbonyl (C=O) groups excluding carboxylic acids is 1. The highest BCUT2D eigenvalue weighted by molar-refractivity contribution is 5.71. The van der Waals surface area contributed by atoms with E-state index in [4.69, 9.17) is 26.2 Å². The second-order valence-electron chi connectivity index (χ2n) is 6.38. The number of nitrogens with zero attached hydrogens (tertiary/aromatic N) is 1. The molecule has 1 rings (SSSR count). The molecule has 1 aliphatic rings. The van der Waals surface area contributed by atoms with Crippen LogP contribution < -0.4 is 17.1 Å². The molecular weight excluding hydrogens is 316 g/mol. The minimum Gasteiger partial charge on any atom is -0.463 e. The molecule has 0 aliphatic carbocycles. The second kappa shape index (κ2) is 11.4. The zero-order valence-corrected chi connectivity index (χ0v) is 14.5. The van der Waals surface area contributed by atoms with Crippen LogP contribution in [0.5, 0.6) is 0 Å². The largest absolute Gasteiger partial charge is 0.463 e. The first-order valence-electron chi connectivity index (χ1n) is 8.47. The van der Waals surface area contributed by atoms with Crippen molar-refractivity contribution in [2.45, 2.75) is 70.2 Å². The van der Waals surface area contributed by atoms with Crippen molar-refractivity contribution in [3.05, 3.63) is 4.91 Å². The van der Waals surface area contributed by atoms with Gasteiger partial charge in [0.15, 0.2) is 0 Å². The van der Waals surface area contributed by atoms with Gasteiger partial charge in [-0.05, 0) is 39.2 Å². The maximum atomic E-state index is 12.0. The van der Waals surface area contributed by atoms with Crippen LogP contribution in [0.4, 0.5) is 0 Å². The van der Waals surface area contributed by atoms with Crippen LogP contribution in [0.2, 0.25) is 0 Å². The van der Waals surface area contributed by atoms with Gasteiger partial charge in [0.1, 0.15) is 18.8 Å². The van der Waals surface area contributed by atoms with Crippen molar-refractivity contribution in [1.82, 2.24) is 5.32 Å². The van der Waals surface area contributed by atoms with Crippen molar-refractivity contribution in [1.29, 1.82) is 0 Å². The number of cyclic esters (lactones) is 1. The van der Waals surface area contributed by atoms with Gasteiger partial charge in [-0.25, -0.2) is 11.8 Å². The van der Waals surface area contributed by atoms with Gasteiger partial charge in [0.05, 0.1) is 12.0 Å². The minimum absolute atomic E-state index is 0.0356. The van der Waals surface area contributed by atoms with E-state index in [2.05, 4.69) is 10.5 Å². The molecule has 1 unspecified atom stereocenters. The molecule has 0 radical (unpaired) electrons. The Bertz CT molecular complexity index is 385. The number of esters is 1. The highest BCUT2D eigenvalue weighted by Gasteiger charge is 2.30. The van der Waals surface area contributed by atoms with Crippen LogP contribution >= 0.6 is 0 Å². The first kappa shape index (κ1) is 20.9. The summed E-state index contributed by atoms with van der Waals surface area (Å²) < 4.78 is 5.28. The normalized spacial score (nSPS) is 34.7. The molecule has 9 heteroatoms. The average Bonchev–Trinajstić information content (AvgIpc) is 2.59. The molecule has 0 bridgehead atoms. The Balaban J connectivity index is 2.76. The molecule has 0 amide bonds. The minimum atomic E-state index is -0.678. The van der Waals surface area contributed by atoms with Crippen LogP contribution in [0, 0.1) is 10.8 Å². The van der Waals surface area contributed by atoms with Crippen molar-refractivity contribution in [3.63, 3.8) is 0 Å². The zero-order chi connectivity index (χ0) is 17.9. The lowest BCUT2D eigenvalue weighted by Gasteiger charge is -2.29. The molecule has 1 saturated heterocycles. The number of hydrogen-bond acceptors (Lipinski definition) is 9. The third-order valence-corrected chi connectivity index (χ3v) is 4.49. The fourth-order valence-corrected chi connectivity index (χ4v) is 2.86. The molecule has 0 spiro atoms. The molecule has 1 fully saturated rings. The molecule has 5 N–H and O–H groups in total. The lowest BCUT2D eigenvalue weighted by atomic mass is 9.99. The van der Waals surface area contributed by atoms with Gasteiger partial charge in [0, 0.05) is 6.04 Å². The lowest BCUT2D eigenvalue weighted by molar-refractivity contribution is -0.160. The van der Waals surface area contributed by atoms with E-state index in [1.165, 1.54) is 0 Å². The summed E-state index contributed by atoms with van der Waals surface area (Å²) in [5, 5.41) is 6.44. The number of carbonyl (C=O) groups is 1. The van der Waals surface area contributed by atoms with Crippen molar-refractivity contribution in [3.8, 4) is 0 Å². The molecule has 0 aromatic rings. The van der Waals surface area contributed by atoms with Crippen molar-refractivity contribution >= 4 is 5.97 Å². The first-order valence-corrected chi connectivity index (χ1v) is 8.47. The van der Waals surface area contributed by atoms with Crippen LogP contribution in [0.3, 0.4) is 0 Å². The zero-order valence-electron chi connectivity index (χ0n) is 14.5. The molecule has 0 saturated carbocycles. The van der Waals surface area contributed by atoms with Crippen LogP contribution in [0.25, 0.3) is 0 Å². The van der Waals surface area contributed by atoms with Gasteiger partial charge in [0.2, 0.25) is 0 Å². The van der Waals surface area contributed by atoms with Crippen LogP contribution in [0.15, 0.2) is 5.18 Å². The quantitative estimate of drug-likeness (QED) is 0.387. The van der Waals surface area contributed by atoms with Gasteiger partial charge in [0.25, 0.3) is 0 Å². The van der Waals surface area contributed by atoms with Crippen LogP contribution in [-0.4, -0.2) is 43.4 Å². The molecule has 1 heterocycles. The van der Waals surface area contributed by atoms with E-state index in [0.717, 1.165) is 12.8 Å². The topological polar surface area (TPSA) is 138 Å². The van der Waals surface area contributed by atoms with Gasteiger partial charge in [-0.15, -0.1) is 0 Å². The Kier molecular flexibility index (Phi) is 9.96. The molecule has 140 valence electrons. The van der Waals surface area contributed by atoms with Crippen LogP contribution in [0.1, 0.15) is 46.0 Å². The summed E-state index contributed by atoms with van der Waals surface area (Å²) in [5.41, 5.74) is 0. The van der Waals surface area contributed by atoms with E-state index in [0.29, 0.717) is 25.8 Å². The summed E-state index contributed by atoms with van der Waals surface area (Å²) in [6.45, 7) is 4.32. The Morgan fingerprint density at radius 2 is 1.88 bits per heavy atom. The van der Waals surface area contributed by atoms with E-state index < -0.39 is 12.2 Å². The summed E-state index contributed by atoms with van der Waals surface area (Å²) in [7, 11) is 0. The third kappa shape index (κ3) is 6.78. The smallest absolute Gasteiger partial charge is 0.308 e. The van der Waals surface area contributed by atoms with Gasteiger partial charge < -0.3 is 10.1 Å². The number of nitrogens with one attached hydrogen (secondary N) is 1. The van der Waals surface area contributed by atoms with Gasteiger partial charge in [-0.2, -0.15) is 4.91 Å². The van der Waals surface area contributed by atoms with Crippen LogP contribution in [-0.2, 0) is 19.2 Å². The van der Waals surface area contributed by atoms with Gasteiger partial charge in [-0.1, -0.05) is 18.5 Å². The summed E-state index contributed by atoms with van der Waals surface area (Å²) in [6, 6.07) is -0.399. The summed E-state index contributed by atoms with van der Waals surface area (Å²) in [6.07, 6.45) is 2.32. The monoisotopic (exact) mass is 346 g/mol. The van der Waals surface area contributed by atoms with Crippen molar-refractivity contribution in [2.75, 3.05) is 13.2 Å². The fourth-order valence-electron chi connectivity index (χ4n) is 2.86. The number of nitrogens with two attached hydrogens (primary N) is 2. The number of ether oxygens (including phenoxy) is 1. The molecular formula is C15H30N4O5. The standard InChI is InChI=1S/C15H30N4O5/c1-10-5-3-6-12(19-21)7-4-8-18-11(2)14(24-17)13(23-16)9-22-15(10)20/h10-14,18H,3-9,16-17H2,1-2H3/t10-,11-,12+,13?,14-/m1/s1. The first-order chi connectivity index (χ1) is 11.5. The summed E-state index contributed by atoms with van der Waals surface area (Å²) in [5.74, 6) is 10.1. The predicted octanol–water partition coefficient (Wildman–Crippen LogP) is 0.761. The Hall–Kier alpha value is -1.13. The lowest BCUT2D eigenvalue weighted by Crippen LogP contribution is -2.51. The maximum Gasteiger partial charge on any atom is 0.308 e. The summed E-state index contributed by atoms with van der Waals surface area (Å²) >= 11 is 0. The Morgan fingerprint density at radius 1 is 1.17 bits per heavy atom. The predicted molar refractivity (Wildman–Crippen MR) is 88.4 cm³/mol. The van der Waals surface area contributed by atoms with E-state index >= 15 is 0 Å².